The topological polar surface area (TPSA) is 47.8 Å². The highest BCUT2D eigenvalue weighted by molar-refractivity contribution is 6.30. The molecule has 1 heterocycles. The average Bonchev–Trinajstić information content (AvgIpc) is 2.45. The zero-order valence-corrected chi connectivity index (χ0v) is 10.7. The second kappa shape index (κ2) is 4.82. The van der Waals surface area contributed by atoms with Crippen LogP contribution in [0.2, 0.25) is 5.02 Å². The maximum absolute atomic E-state index is 12.2. The summed E-state index contributed by atoms with van der Waals surface area (Å²) in [6.07, 6.45) is 0. The third-order valence-electron chi connectivity index (χ3n) is 2.87. The fraction of sp³-hybridized carbons (Fsp3) is 0.0714. The van der Waals surface area contributed by atoms with E-state index < -0.39 is 0 Å². The molecular weight excluding hydrogens is 262 g/mol. The number of hydrogen-bond acceptors (Lipinski definition) is 3. The standard InChI is InChI=1S/C14H10ClN3O/c15-11-7-5-10(6-8-11)9-18-14(19)12-3-1-2-4-13(12)16-17-18/h1-8H,9H2. The quantitative estimate of drug-likeness (QED) is 0.719. The summed E-state index contributed by atoms with van der Waals surface area (Å²) in [4.78, 5) is 12.2. The molecule has 19 heavy (non-hydrogen) atoms. The second-order valence-corrected chi connectivity index (χ2v) is 4.63. The van der Waals surface area contributed by atoms with Crippen molar-refractivity contribution in [2.75, 3.05) is 0 Å². The van der Waals surface area contributed by atoms with Crippen LogP contribution in [0.5, 0.6) is 0 Å². The highest BCUT2D eigenvalue weighted by atomic mass is 35.5. The van der Waals surface area contributed by atoms with Crippen molar-refractivity contribution in [3.8, 4) is 0 Å². The van der Waals surface area contributed by atoms with Gasteiger partial charge in [-0.25, -0.2) is 4.68 Å². The van der Waals surface area contributed by atoms with E-state index in [0.717, 1.165) is 5.56 Å². The van der Waals surface area contributed by atoms with Gasteiger partial charge in [-0.15, -0.1) is 5.10 Å². The van der Waals surface area contributed by atoms with Gasteiger partial charge in [0.1, 0.15) is 5.52 Å². The summed E-state index contributed by atoms with van der Waals surface area (Å²) in [6.45, 7) is 0.383. The predicted molar refractivity (Wildman–Crippen MR) is 74.4 cm³/mol. The van der Waals surface area contributed by atoms with Gasteiger partial charge in [-0.2, -0.15) is 0 Å². The number of halogens is 1. The van der Waals surface area contributed by atoms with Crippen LogP contribution in [-0.4, -0.2) is 15.0 Å². The molecule has 0 aliphatic heterocycles. The first-order chi connectivity index (χ1) is 9.24. The van der Waals surface area contributed by atoms with Crippen LogP contribution in [0.3, 0.4) is 0 Å². The largest absolute Gasteiger partial charge is 0.277 e. The summed E-state index contributed by atoms with van der Waals surface area (Å²) in [7, 11) is 0. The Morgan fingerprint density at radius 2 is 1.79 bits per heavy atom. The van der Waals surface area contributed by atoms with E-state index in [1.54, 1.807) is 24.3 Å². The summed E-state index contributed by atoms with van der Waals surface area (Å²) in [5.41, 5.74) is 1.43. The predicted octanol–water partition coefficient (Wildman–Crippen LogP) is 2.49. The summed E-state index contributed by atoms with van der Waals surface area (Å²) >= 11 is 5.83. The lowest BCUT2D eigenvalue weighted by Crippen LogP contribution is -2.24. The van der Waals surface area contributed by atoms with Gasteiger partial charge in [0.05, 0.1) is 11.9 Å². The first-order valence-corrected chi connectivity index (χ1v) is 6.19. The molecule has 2 aromatic carbocycles. The number of benzene rings is 2. The smallest absolute Gasteiger partial charge is 0.267 e. The Balaban J connectivity index is 2.04. The van der Waals surface area contributed by atoms with Crippen molar-refractivity contribution in [1.29, 1.82) is 0 Å². The van der Waals surface area contributed by atoms with Gasteiger partial charge in [0.15, 0.2) is 0 Å². The summed E-state index contributed by atoms with van der Waals surface area (Å²) in [5.74, 6) is 0. The third kappa shape index (κ3) is 2.35. The van der Waals surface area contributed by atoms with Gasteiger partial charge in [-0.3, -0.25) is 4.79 Å². The molecule has 0 atom stereocenters. The van der Waals surface area contributed by atoms with Crippen LogP contribution < -0.4 is 5.56 Å². The molecule has 0 N–H and O–H groups in total. The van der Waals surface area contributed by atoms with Crippen molar-refractivity contribution < 1.29 is 0 Å². The lowest BCUT2D eigenvalue weighted by atomic mass is 10.2. The SMILES string of the molecule is O=c1c2ccccc2nnn1Cc1ccc(Cl)cc1. The summed E-state index contributed by atoms with van der Waals surface area (Å²) in [5, 5.41) is 9.23. The van der Waals surface area contributed by atoms with Gasteiger partial charge in [0, 0.05) is 5.02 Å². The van der Waals surface area contributed by atoms with Crippen LogP contribution in [0.15, 0.2) is 53.3 Å². The Kier molecular flexibility index (Phi) is 3.01. The minimum atomic E-state index is -0.138. The molecule has 0 saturated heterocycles. The lowest BCUT2D eigenvalue weighted by Gasteiger charge is -2.05. The Morgan fingerprint density at radius 3 is 2.58 bits per heavy atom. The van der Waals surface area contributed by atoms with Crippen molar-refractivity contribution in [3.05, 3.63) is 69.5 Å². The molecular formula is C14H10ClN3O. The number of fused-ring (bicyclic) bond motifs is 1. The van der Waals surface area contributed by atoms with Crippen LogP contribution in [0.1, 0.15) is 5.56 Å². The van der Waals surface area contributed by atoms with Crippen LogP contribution >= 0.6 is 11.6 Å². The van der Waals surface area contributed by atoms with Crippen LogP contribution in [-0.2, 0) is 6.54 Å². The Morgan fingerprint density at radius 1 is 1.05 bits per heavy atom. The molecule has 0 bridgehead atoms. The first kappa shape index (κ1) is 11.9. The van der Waals surface area contributed by atoms with E-state index in [2.05, 4.69) is 10.3 Å². The summed E-state index contributed by atoms with van der Waals surface area (Å²) in [6, 6.07) is 14.5. The highest BCUT2D eigenvalue weighted by Crippen LogP contribution is 2.10. The molecule has 5 heteroatoms. The molecule has 0 unspecified atom stereocenters. The first-order valence-electron chi connectivity index (χ1n) is 5.81. The van der Waals surface area contributed by atoms with Crippen molar-refractivity contribution in [2.45, 2.75) is 6.54 Å². The van der Waals surface area contributed by atoms with Crippen LogP contribution in [0.25, 0.3) is 10.9 Å². The average molecular weight is 272 g/mol. The molecule has 0 radical (unpaired) electrons. The maximum Gasteiger partial charge on any atom is 0.277 e. The Labute approximate surface area is 114 Å². The Hall–Kier alpha value is -2.20. The minimum absolute atomic E-state index is 0.138. The van der Waals surface area contributed by atoms with Gasteiger partial charge >= 0.3 is 0 Å². The Bertz CT molecular complexity index is 781. The van der Waals surface area contributed by atoms with Crippen molar-refractivity contribution in [3.63, 3.8) is 0 Å². The van der Waals surface area contributed by atoms with Gasteiger partial charge in [-0.1, -0.05) is 41.1 Å². The van der Waals surface area contributed by atoms with Crippen molar-refractivity contribution in [1.82, 2.24) is 15.0 Å². The van der Waals surface area contributed by atoms with E-state index in [-0.39, 0.29) is 5.56 Å². The highest BCUT2D eigenvalue weighted by Gasteiger charge is 2.05. The zero-order chi connectivity index (χ0) is 13.2. The van der Waals surface area contributed by atoms with E-state index in [1.807, 2.05) is 24.3 Å². The fourth-order valence-corrected chi connectivity index (χ4v) is 2.02. The molecule has 0 aliphatic carbocycles. The molecule has 0 amide bonds. The van der Waals surface area contributed by atoms with Crippen LogP contribution in [0, 0.1) is 0 Å². The number of aromatic nitrogens is 3. The van der Waals surface area contributed by atoms with E-state index in [4.69, 9.17) is 11.6 Å². The minimum Gasteiger partial charge on any atom is -0.267 e. The third-order valence-corrected chi connectivity index (χ3v) is 3.13. The van der Waals surface area contributed by atoms with E-state index >= 15 is 0 Å². The molecule has 0 fully saturated rings. The van der Waals surface area contributed by atoms with E-state index in [1.165, 1.54) is 4.68 Å². The summed E-state index contributed by atoms with van der Waals surface area (Å²) < 4.78 is 1.35. The molecule has 3 aromatic rings. The van der Waals surface area contributed by atoms with Gasteiger partial charge in [0.25, 0.3) is 5.56 Å². The molecule has 1 aromatic heterocycles. The monoisotopic (exact) mass is 271 g/mol. The molecule has 3 rings (SSSR count). The molecule has 0 spiro atoms. The number of rotatable bonds is 2. The lowest BCUT2D eigenvalue weighted by molar-refractivity contribution is 0.601. The molecule has 0 saturated carbocycles. The number of nitrogens with zero attached hydrogens (tertiary/aromatic N) is 3. The van der Waals surface area contributed by atoms with Gasteiger partial charge in [-0.05, 0) is 29.8 Å². The van der Waals surface area contributed by atoms with Crippen LogP contribution in [0.4, 0.5) is 0 Å². The maximum atomic E-state index is 12.2. The zero-order valence-electron chi connectivity index (χ0n) is 9.95. The fourth-order valence-electron chi connectivity index (χ4n) is 1.89. The number of hydrogen-bond donors (Lipinski definition) is 0. The molecule has 0 aliphatic rings. The van der Waals surface area contributed by atoms with Gasteiger partial charge in [0.2, 0.25) is 0 Å². The van der Waals surface area contributed by atoms with Crippen molar-refractivity contribution >= 4 is 22.5 Å². The molecule has 4 nitrogen and oxygen atoms in total. The normalized spacial score (nSPS) is 10.8. The van der Waals surface area contributed by atoms with E-state index in [0.29, 0.717) is 22.5 Å². The second-order valence-electron chi connectivity index (χ2n) is 4.20. The van der Waals surface area contributed by atoms with Crippen molar-refractivity contribution in [2.24, 2.45) is 0 Å². The molecule has 94 valence electrons. The van der Waals surface area contributed by atoms with Gasteiger partial charge < -0.3 is 0 Å². The van der Waals surface area contributed by atoms with E-state index in [9.17, 15) is 4.79 Å².